The third-order valence-corrected chi connectivity index (χ3v) is 9.11. The van der Waals surface area contributed by atoms with E-state index in [1.54, 1.807) is 55.6 Å². The fourth-order valence-corrected chi connectivity index (χ4v) is 7.15. The van der Waals surface area contributed by atoms with Gasteiger partial charge in [0.2, 0.25) is 0 Å². The molecule has 0 saturated carbocycles. The van der Waals surface area contributed by atoms with Gasteiger partial charge in [-0.2, -0.15) is 0 Å². The maximum Gasteiger partial charge on any atom is 0.185 e. The molecule has 40 heavy (non-hydrogen) atoms. The van der Waals surface area contributed by atoms with Gasteiger partial charge in [0.05, 0.1) is 13.2 Å². The molecule has 0 radical (unpaired) electrons. The van der Waals surface area contributed by atoms with Gasteiger partial charge in [-0.05, 0) is 53.6 Å². The molecule has 0 N–H and O–H groups in total. The van der Waals surface area contributed by atoms with Crippen molar-refractivity contribution in [2.45, 2.75) is 18.0 Å². The second-order valence-electron chi connectivity index (χ2n) is 10.4. The summed E-state index contributed by atoms with van der Waals surface area (Å²) in [6.45, 7) is 0. The van der Waals surface area contributed by atoms with Gasteiger partial charge in [-0.15, -0.1) is 0 Å². The number of anilines is 1. The van der Waals surface area contributed by atoms with E-state index in [9.17, 15) is 14.4 Å². The van der Waals surface area contributed by atoms with Crippen LogP contribution in [0.4, 0.5) is 5.69 Å². The monoisotopic (exact) mass is 589 g/mol. The van der Waals surface area contributed by atoms with E-state index in [2.05, 4.69) is 15.9 Å². The van der Waals surface area contributed by atoms with Crippen molar-refractivity contribution in [1.29, 1.82) is 0 Å². The lowest BCUT2D eigenvalue weighted by atomic mass is 9.64. The van der Waals surface area contributed by atoms with E-state index in [0.29, 0.717) is 22.4 Å². The van der Waals surface area contributed by atoms with Crippen molar-refractivity contribution in [2.24, 2.45) is 5.41 Å². The number of carbonyl (C=O) groups excluding carboxylic acids is 3. The van der Waals surface area contributed by atoms with Gasteiger partial charge < -0.3 is 9.64 Å². The molecular weight excluding hydrogens is 566 g/mol. The summed E-state index contributed by atoms with van der Waals surface area (Å²) in [4.78, 5) is 45.9. The Morgan fingerprint density at radius 3 is 2.10 bits per heavy atom. The number of fused-ring (bicyclic) bond motifs is 5. The summed E-state index contributed by atoms with van der Waals surface area (Å²) in [5.41, 5.74) is 2.36. The largest absolute Gasteiger partial charge is 0.497 e. The first-order valence-electron chi connectivity index (χ1n) is 13.1. The number of ether oxygens (including phenoxy) is 1. The van der Waals surface area contributed by atoms with Crippen LogP contribution in [0.5, 0.6) is 5.75 Å². The van der Waals surface area contributed by atoms with Crippen LogP contribution in [-0.4, -0.2) is 36.5 Å². The minimum Gasteiger partial charge on any atom is -0.497 e. The Morgan fingerprint density at radius 2 is 1.45 bits per heavy atom. The van der Waals surface area contributed by atoms with Gasteiger partial charge in [-0.3, -0.25) is 14.4 Å². The van der Waals surface area contributed by atoms with Gasteiger partial charge in [0.1, 0.15) is 17.2 Å². The summed E-state index contributed by atoms with van der Waals surface area (Å²) >= 11 is 3.52. The highest BCUT2D eigenvalue weighted by atomic mass is 79.9. The van der Waals surface area contributed by atoms with Gasteiger partial charge in [0, 0.05) is 32.8 Å². The number of hydrogen-bond donors (Lipinski definition) is 0. The Kier molecular flexibility index (Phi) is 5.65. The summed E-state index contributed by atoms with van der Waals surface area (Å²) in [5, 5.41) is 0. The first kappa shape index (κ1) is 24.7. The molecule has 6 heteroatoms. The van der Waals surface area contributed by atoms with Gasteiger partial charge in [-0.25, -0.2) is 0 Å². The molecule has 2 aliphatic heterocycles. The zero-order valence-corrected chi connectivity index (χ0v) is 23.2. The maximum absolute atomic E-state index is 14.6. The number of hydrogen-bond acceptors (Lipinski definition) is 5. The van der Waals surface area contributed by atoms with Crippen molar-refractivity contribution in [3.05, 3.63) is 135 Å². The minimum absolute atomic E-state index is 0.154. The first-order valence-corrected chi connectivity index (χ1v) is 13.9. The second-order valence-corrected chi connectivity index (χ2v) is 11.3. The number of Topliss-reactive ketones (excluding diaryl/α,β-unsaturated/α-hetero) is 3. The lowest BCUT2D eigenvalue weighted by Gasteiger charge is -2.37. The predicted molar refractivity (Wildman–Crippen MR) is 157 cm³/mol. The van der Waals surface area contributed by atoms with E-state index >= 15 is 0 Å². The van der Waals surface area contributed by atoms with Crippen LogP contribution < -0.4 is 9.64 Å². The lowest BCUT2D eigenvalue weighted by Crippen LogP contribution is -2.48. The Morgan fingerprint density at radius 1 is 0.825 bits per heavy atom. The van der Waals surface area contributed by atoms with E-state index in [4.69, 9.17) is 4.74 Å². The fourth-order valence-electron chi connectivity index (χ4n) is 6.89. The van der Waals surface area contributed by atoms with Crippen LogP contribution in [-0.2, 0) is 0 Å². The number of rotatable bonds is 4. The van der Waals surface area contributed by atoms with Crippen LogP contribution in [0.3, 0.4) is 0 Å². The van der Waals surface area contributed by atoms with E-state index in [0.717, 1.165) is 21.3 Å². The maximum atomic E-state index is 14.6. The van der Waals surface area contributed by atoms with Crippen molar-refractivity contribution in [3.63, 3.8) is 0 Å². The number of methoxy groups -OCH3 is 1. The lowest BCUT2D eigenvalue weighted by molar-refractivity contribution is 0.0666. The Labute approximate surface area is 240 Å². The van der Waals surface area contributed by atoms with Gasteiger partial charge >= 0.3 is 0 Å². The highest BCUT2D eigenvalue weighted by Gasteiger charge is 2.71. The number of nitrogens with zero attached hydrogens (tertiary/aromatic N) is 1. The minimum atomic E-state index is -1.51. The molecular formula is C34H24BrNO4. The Hall–Kier alpha value is -4.29. The Bertz CT molecular complexity index is 1690. The smallest absolute Gasteiger partial charge is 0.185 e. The average molecular weight is 590 g/mol. The third kappa shape index (κ3) is 3.29. The molecule has 196 valence electrons. The highest BCUT2D eigenvalue weighted by molar-refractivity contribution is 9.10. The molecule has 0 amide bonds. The number of para-hydroxylation sites is 1. The van der Waals surface area contributed by atoms with E-state index in [-0.39, 0.29) is 17.3 Å². The molecule has 0 unspecified atom stereocenters. The SMILES string of the molecule is COc1ccc(C(=O)[C@H]2[C@@H](c3ccc(Br)cc3)C3(C(=O)c4ccccc4C3=O)[C@H]3C=Cc4ccccc4N23)cc1. The van der Waals surface area contributed by atoms with Crippen LogP contribution in [0.1, 0.15) is 48.1 Å². The van der Waals surface area contributed by atoms with E-state index in [1.807, 2.05) is 65.6 Å². The predicted octanol–water partition coefficient (Wildman–Crippen LogP) is 6.77. The molecule has 1 saturated heterocycles. The quantitative estimate of drug-likeness (QED) is 0.194. The number of ketones is 3. The summed E-state index contributed by atoms with van der Waals surface area (Å²) in [6.07, 6.45) is 3.91. The van der Waals surface area contributed by atoms with Crippen molar-refractivity contribution >= 4 is 45.0 Å². The van der Waals surface area contributed by atoms with E-state index in [1.165, 1.54) is 0 Å². The van der Waals surface area contributed by atoms with Crippen molar-refractivity contribution in [2.75, 3.05) is 12.0 Å². The third-order valence-electron chi connectivity index (χ3n) is 8.59. The van der Waals surface area contributed by atoms with Gasteiger partial charge in [0.15, 0.2) is 17.3 Å². The zero-order chi connectivity index (χ0) is 27.6. The molecule has 4 aromatic rings. The molecule has 3 aliphatic rings. The summed E-state index contributed by atoms with van der Waals surface area (Å²) < 4.78 is 6.20. The molecule has 2 heterocycles. The molecule has 3 atom stereocenters. The number of carbonyl (C=O) groups is 3. The van der Waals surface area contributed by atoms with Crippen molar-refractivity contribution < 1.29 is 19.1 Å². The summed E-state index contributed by atoms with van der Waals surface area (Å²) in [7, 11) is 1.58. The van der Waals surface area contributed by atoms with Gasteiger partial charge in [-0.1, -0.05) is 82.7 Å². The zero-order valence-electron chi connectivity index (χ0n) is 21.6. The first-order chi connectivity index (χ1) is 19.5. The standard InChI is InChI=1S/C34H24BrNO4/c1-40-24-17-12-22(13-18-24)31(37)30-29(21-10-15-23(35)16-11-21)34(32(38)25-7-3-4-8-26(25)33(34)39)28-19-14-20-6-2-5-9-27(20)36(28)30/h2-19,28-30H,1H3/t28-,29-,30-/m1/s1. The van der Waals surface area contributed by atoms with Crippen LogP contribution in [0, 0.1) is 5.41 Å². The van der Waals surface area contributed by atoms with Crippen molar-refractivity contribution in [3.8, 4) is 5.75 Å². The highest BCUT2D eigenvalue weighted by Crippen LogP contribution is 2.61. The topological polar surface area (TPSA) is 63.7 Å². The second kappa shape index (κ2) is 9.14. The van der Waals surface area contributed by atoms with Crippen LogP contribution in [0.25, 0.3) is 6.08 Å². The molecule has 4 aromatic carbocycles. The molecule has 1 aliphatic carbocycles. The number of halogens is 1. The van der Waals surface area contributed by atoms with Crippen LogP contribution in [0.15, 0.2) is 108 Å². The molecule has 1 fully saturated rings. The summed E-state index contributed by atoms with van der Waals surface area (Å²) in [6, 6.07) is 28.1. The average Bonchev–Trinajstić information content (AvgIpc) is 3.43. The molecule has 5 nitrogen and oxygen atoms in total. The van der Waals surface area contributed by atoms with Crippen LogP contribution in [0.2, 0.25) is 0 Å². The van der Waals surface area contributed by atoms with E-state index < -0.39 is 23.4 Å². The normalized spacial score (nSPS) is 21.8. The fraction of sp³-hybridized carbons (Fsp3) is 0.147. The van der Waals surface area contributed by atoms with Gasteiger partial charge in [0.25, 0.3) is 0 Å². The molecule has 0 aromatic heterocycles. The van der Waals surface area contributed by atoms with Crippen LogP contribution >= 0.6 is 15.9 Å². The molecule has 0 bridgehead atoms. The Balaban J connectivity index is 1.52. The molecule has 1 spiro atoms. The number of benzene rings is 4. The van der Waals surface area contributed by atoms with Crippen molar-refractivity contribution in [1.82, 2.24) is 0 Å². The molecule has 7 rings (SSSR count). The summed E-state index contributed by atoms with van der Waals surface area (Å²) in [5.74, 6) is -0.706.